The number of carbonyl (C=O) groups excluding carboxylic acids is 3. The first-order valence-electron chi connectivity index (χ1n) is 11.5. The Bertz CT molecular complexity index is 1340. The van der Waals surface area contributed by atoms with Crippen LogP contribution in [0.5, 0.6) is 0 Å². The zero-order valence-corrected chi connectivity index (χ0v) is 22.7. The third-order valence-electron chi connectivity index (χ3n) is 5.61. The summed E-state index contributed by atoms with van der Waals surface area (Å²) in [4.78, 5) is 43.3. The molecule has 3 aromatic rings. The lowest BCUT2D eigenvalue weighted by Gasteiger charge is -2.28. The standard InChI is InChI=1S/C26H22ClN3O4S3/c27-17-1-7-20(8-2-17)35-24-10-9-21(36-24)15-22-25(32)30(26(33)37-22)16-23(31)28-18-3-5-19(6-4-18)29-11-13-34-14-12-29/h1-10,15H,11-14,16H2,(H,28,31)/b22-15-. The molecule has 0 unspecified atom stereocenters. The molecule has 0 bridgehead atoms. The van der Waals surface area contributed by atoms with Crippen LogP contribution < -0.4 is 10.2 Å². The molecule has 2 fully saturated rings. The molecular weight excluding hydrogens is 550 g/mol. The van der Waals surface area contributed by atoms with Gasteiger partial charge >= 0.3 is 0 Å². The van der Waals surface area contributed by atoms with Crippen molar-refractivity contribution in [1.29, 1.82) is 0 Å². The summed E-state index contributed by atoms with van der Waals surface area (Å²) in [6.07, 6.45) is 1.70. The van der Waals surface area contributed by atoms with E-state index < -0.39 is 17.1 Å². The van der Waals surface area contributed by atoms with Crippen molar-refractivity contribution in [2.75, 3.05) is 43.1 Å². The molecule has 190 valence electrons. The highest BCUT2D eigenvalue weighted by Gasteiger charge is 2.36. The zero-order valence-electron chi connectivity index (χ0n) is 19.5. The molecule has 3 amide bonds. The van der Waals surface area contributed by atoms with Crippen LogP contribution in [-0.2, 0) is 14.3 Å². The van der Waals surface area contributed by atoms with Crippen molar-refractivity contribution in [2.45, 2.75) is 9.10 Å². The molecule has 0 spiro atoms. The van der Waals surface area contributed by atoms with Crippen LogP contribution in [0.3, 0.4) is 0 Å². The number of carbonyl (C=O) groups is 3. The minimum Gasteiger partial charge on any atom is -0.378 e. The molecule has 11 heteroatoms. The van der Waals surface area contributed by atoms with Crippen LogP contribution in [0.1, 0.15) is 4.88 Å². The van der Waals surface area contributed by atoms with Gasteiger partial charge in [0.1, 0.15) is 6.54 Å². The average Bonchev–Trinajstić information content (AvgIpc) is 3.45. The van der Waals surface area contributed by atoms with Gasteiger partial charge in [0.2, 0.25) is 5.91 Å². The predicted molar refractivity (Wildman–Crippen MR) is 151 cm³/mol. The average molecular weight is 572 g/mol. The summed E-state index contributed by atoms with van der Waals surface area (Å²) >= 11 is 9.90. The maximum atomic E-state index is 12.9. The molecule has 0 atom stereocenters. The number of amides is 3. The van der Waals surface area contributed by atoms with E-state index in [1.807, 2.05) is 60.7 Å². The Labute approximate surface area is 231 Å². The summed E-state index contributed by atoms with van der Waals surface area (Å²) in [6, 6.07) is 18.9. The number of anilines is 2. The fraction of sp³-hybridized carbons (Fsp3) is 0.192. The summed E-state index contributed by atoms with van der Waals surface area (Å²) in [7, 11) is 0. The number of ether oxygens (including phenoxy) is 1. The van der Waals surface area contributed by atoms with E-state index in [1.165, 1.54) is 11.3 Å². The SMILES string of the molecule is O=C(CN1C(=O)S/C(=C\c2ccc(Sc3ccc(Cl)cc3)s2)C1=O)Nc1ccc(N2CCOCC2)cc1. The van der Waals surface area contributed by atoms with Gasteiger partial charge in [-0.05, 0) is 78.5 Å². The molecular formula is C26H22ClN3O4S3. The first-order chi connectivity index (χ1) is 17.9. The van der Waals surface area contributed by atoms with Crippen molar-refractivity contribution in [3.05, 3.63) is 75.5 Å². The number of benzene rings is 2. The van der Waals surface area contributed by atoms with E-state index >= 15 is 0 Å². The van der Waals surface area contributed by atoms with Crippen LogP contribution in [0, 0.1) is 0 Å². The highest BCUT2D eigenvalue weighted by atomic mass is 35.5. The molecule has 7 nitrogen and oxygen atoms in total. The van der Waals surface area contributed by atoms with E-state index in [1.54, 1.807) is 17.8 Å². The minimum absolute atomic E-state index is 0.303. The Morgan fingerprint density at radius 3 is 2.49 bits per heavy atom. The highest BCUT2D eigenvalue weighted by Crippen LogP contribution is 2.37. The molecule has 2 aromatic carbocycles. The smallest absolute Gasteiger partial charge is 0.294 e. The van der Waals surface area contributed by atoms with Gasteiger partial charge in [0.25, 0.3) is 11.1 Å². The van der Waals surface area contributed by atoms with Crippen molar-refractivity contribution < 1.29 is 19.1 Å². The number of nitrogens with zero attached hydrogens (tertiary/aromatic N) is 2. The predicted octanol–water partition coefficient (Wildman–Crippen LogP) is 6.06. The van der Waals surface area contributed by atoms with Gasteiger partial charge in [0, 0.05) is 39.3 Å². The van der Waals surface area contributed by atoms with Gasteiger partial charge in [-0.15, -0.1) is 11.3 Å². The van der Waals surface area contributed by atoms with Crippen LogP contribution in [0.2, 0.25) is 5.02 Å². The number of nitrogens with one attached hydrogen (secondary N) is 1. The number of hydrogen-bond donors (Lipinski definition) is 1. The quantitative estimate of drug-likeness (QED) is 0.345. The second-order valence-corrected chi connectivity index (χ2v) is 12.1. The lowest BCUT2D eigenvalue weighted by atomic mass is 10.2. The van der Waals surface area contributed by atoms with Gasteiger partial charge in [0.15, 0.2) is 0 Å². The third-order valence-corrected chi connectivity index (χ3v) is 8.94. The van der Waals surface area contributed by atoms with Crippen molar-refractivity contribution in [3.63, 3.8) is 0 Å². The number of halogens is 1. The van der Waals surface area contributed by atoms with Gasteiger partial charge in [-0.3, -0.25) is 19.3 Å². The fourth-order valence-electron chi connectivity index (χ4n) is 3.77. The Balaban J connectivity index is 1.17. The molecule has 2 aliphatic heterocycles. The Morgan fingerprint density at radius 1 is 1.03 bits per heavy atom. The minimum atomic E-state index is -0.465. The highest BCUT2D eigenvalue weighted by molar-refractivity contribution is 8.18. The van der Waals surface area contributed by atoms with Gasteiger partial charge in [0.05, 0.1) is 22.3 Å². The first-order valence-corrected chi connectivity index (χ1v) is 14.3. The molecule has 2 saturated heterocycles. The normalized spacial score (nSPS) is 17.1. The summed E-state index contributed by atoms with van der Waals surface area (Å²) < 4.78 is 6.42. The number of imide groups is 1. The monoisotopic (exact) mass is 571 g/mol. The van der Waals surface area contributed by atoms with E-state index in [0.29, 0.717) is 28.8 Å². The maximum Gasteiger partial charge on any atom is 0.294 e. The van der Waals surface area contributed by atoms with Gasteiger partial charge < -0.3 is 15.0 Å². The second kappa shape index (κ2) is 11.7. The first kappa shape index (κ1) is 25.9. The largest absolute Gasteiger partial charge is 0.378 e. The number of hydrogen-bond acceptors (Lipinski definition) is 8. The summed E-state index contributed by atoms with van der Waals surface area (Å²) in [5, 5.41) is 2.99. The molecule has 5 rings (SSSR count). The lowest BCUT2D eigenvalue weighted by molar-refractivity contribution is -0.127. The van der Waals surface area contributed by atoms with Gasteiger partial charge in [-0.1, -0.05) is 23.4 Å². The van der Waals surface area contributed by atoms with Crippen LogP contribution >= 0.6 is 46.5 Å². The Hall–Kier alpha value is -2.76. The summed E-state index contributed by atoms with van der Waals surface area (Å²) in [5.41, 5.74) is 1.66. The van der Waals surface area contributed by atoms with Crippen molar-refractivity contribution >= 4 is 81.0 Å². The van der Waals surface area contributed by atoms with Crippen LogP contribution in [0.4, 0.5) is 16.2 Å². The molecule has 0 aliphatic carbocycles. The van der Waals surface area contributed by atoms with E-state index in [0.717, 1.165) is 49.4 Å². The summed E-state index contributed by atoms with van der Waals surface area (Å²) in [6.45, 7) is 2.70. The van der Waals surface area contributed by atoms with E-state index in [9.17, 15) is 14.4 Å². The van der Waals surface area contributed by atoms with Gasteiger partial charge in [-0.2, -0.15) is 0 Å². The fourth-order valence-corrected chi connectivity index (χ4v) is 6.87. The third kappa shape index (κ3) is 6.58. The summed E-state index contributed by atoms with van der Waals surface area (Å²) in [5.74, 6) is -0.895. The second-order valence-electron chi connectivity index (χ2n) is 8.18. The molecule has 1 N–H and O–H groups in total. The zero-order chi connectivity index (χ0) is 25.8. The number of morpholine rings is 1. The number of thiophene rings is 1. The number of thioether (sulfide) groups is 1. The van der Waals surface area contributed by atoms with Crippen molar-refractivity contribution in [1.82, 2.24) is 4.90 Å². The maximum absolute atomic E-state index is 12.9. The lowest BCUT2D eigenvalue weighted by Crippen LogP contribution is -2.36. The molecule has 37 heavy (non-hydrogen) atoms. The van der Waals surface area contributed by atoms with Crippen LogP contribution in [0.15, 0.2) is 74.7 Å². The molecule has 2 aliphatic rings. The van der Waals surface area contributed by atoms with Gasteiger partial charge in [-0.25, -0.2) is 0 Å². The Morgan fingerprint density at radius 2 is 1.76 bits per heavy atom. The van der Waals surface area contributed by atoms with E-state index in [2.05, 4.69) is 10.2 Å². The topological polar surface area (TPSA) is 79.0 Å². The van der Waals surface area contributed by atoms with Crippen LogP contribution in [-0.4, -0.2) is 54.8 Å². The molecule has 3 heterocycles. The molecule has 0 saturated carbocycles. The van der Waals surface area contributed by atoms with Crippen molar-refractivity contribution in [2.24, 2.45) is 0 Å². The van der Waals surface area contributed by atoms with Crippen molar-refractivity contribution in [3.8, 4) is 0 Å². The van der Waals surface area contributed by atoms with Crippen LogP contribution in [0.25, 0.3) is 6.08 Å². The number of rotatable bonds is 7. The van der Waals surface area contributed by atoms with E-state index in [-0.39, 0.29) is 6.54 Å². The molecule has 1 aromatic heterocycles. The molecule has 0 radical (unpaired) electrons. The Kier molecular flexibility index (Phi) is 8.21. The van der Waals surface area contributed by atoms with E-state index in [4.69, 9.17) is 16.3 Å².